The molecule has 2 N–H and O–H groups in total. The molecule has 27 heavy (non-hydrogen) atoms. The highest BCUT2D eigenvalue weighted by atomic mass is 35.5. The molecule has 0 heterocycles. The van der Waals surface area contributed by atoms with Crippen molar-refractivity contribution >= 4 is 27.5 Å². The Hall–Kier alpha value is -2.09. The van der Waals surface area contributed by atoms with Gasteiger partial charge in [-0.1, -0.05) is 23.7 Å². The number of amides is 1. The standard InChI is InChI=1S/C19H23ClN2O4S/c1-13(2)22-27(24,25)16-8-9-18(20)17(12-16)19(23)21-11-10-14-4-6-15(26-3)7-5-14/h4-9,12-13,22H,10-11H2,1-3H3,(H,21,23). The number of carbonyl (C=O) groups is 1. The van der Waals surface area contributed by atoms with Gasteiger partial charge in [-0.3, -0.25) is 4.79 Å². The molecule has 0 bridgehead atoms. The monoisotopic (exact) mass is 410 g/mol. The first-order valence-electron chi connectivity index (χ1n) is 8.46. The summed E-state index contributed by atoms with van der Waals surface area (Å²) in [5.74, 6) is 0.345. The van der Waals surface area contributed by atoms with Crippen molar-refractivity contribution in [2.24, 2.45) is 0 Å². The molecule has 0 aliphatic heterocycles. The van der Waals surface area contributed by atoms with E-state index in [0.29, 0.717) is 13.0 Å². The van der Waals surface area contributed by atoms with E-state index in [1.54, 1.807) is 21.0 Å². The van der Waals surface area contributed by atoms with E-state index in [1.807, 2.05) is 24.3 Å². The average Bonchev–Trinajstić information content (AvgIpc) is 2.61. The summed E-state index contributed by atoms with van der Waals surface area (Å²) in [5.41, 5.74) is 1.16. The number of methoxy groups -OCH3 is 1. The SMILES string of the molecule is COc1ccc(CCNC(=O)c2cc(S(=O)(=O)NC(C)C)ccc2Cl)cc1. The summed E-state index contributed by atoms with van der Waals surface area (Å²) in [6.45, 7) is 3.84. The molecule has 0 aliphatic rings. The molecule has 2 aromatic rings. The van der Waals surface area contributed by atoms with Crippen molar-refractivity contribution in [3.8, 4) is 5.75 Å². The van der Waals surface area contributed by atoms with Gasteiger partial charge in [0.15, 0.2) is 0 Å². The molecule has 0 atom stereocenters. The van der Waals surface area contributed by atoms with Crippen LogP contribution < -0.4 is 14.8 Å². The maximum Gasteiger partial charge on any atom is 0.252 e. The summed E-state index contributed by atoms with van der Waals surface area (Å²) in [6.07, 6.45) is 0.625. The van der Waals surface area contributed by atoms with Gasteiger partial charge in [-0.25, -0.2) is 13.1 Å². The predicted molar refractivity (Wildman–Crippen MR) is 106 cm³/mol. The molecule has 8 heteroatoms. The van der Waals surface area contributed by atoms with Crippen LogP contribution in [0.1, 0.15) is 29.8 Å². The van der Waals surface area contributed by atoms with Crippen molar-refractivity contribution in [2.75, 3.05) is 13.7 Å². The highest BCUT2D eigenvalue weighted by molar-refractivity contribution is 7.89. The Bertz CT molecular complexity index is 896. The van der Waals surface area contributed by atoms with Crippen molar-refractivity contribution < 1.29 is 17.9 Å². The van der Waals surface area contributed by atoms with Gasteiger partial charge in [0.2, 0.25) is 10.0 Å². The van der Waals surface area contributed by atoms with Crippen molar-refractivity contribution in [3.63, 3.8) is 0 Å². The lowest BCUT2D eigenvalue weighted by molar-refractivity contribution is 0.0954. The normalized spacial score (nSPS) is 11.4. The third-order valence-electron chi connectivity index (χ3n) is 3.74. The molecule has 0 saturated carbocycles. The first kappa shape index (κ1) is 21.2. The van der Waals surface area contributed by atoms with Crippen LogP contribution in [0.25, 0.3) is 0 Å². The first-order valence-corrected chi connectivity index (χ1v) is 10.3. The van der Waals surface area contributed by atoms with Crippen LogP contribution in [-0.2, 0) is 16.4 Å². The number of rotatable bonds is 8. The molecule has 0 unspecified atom stereocenters. The Balaban J connectivity index is 2.05. The summed E-state index contributed by atoms with van der Waals surface area (Å²) in [7, 11) is -2.10. The molecule has 0 fully saturated rings. The summed E-state index contributed by atoms with van der Waals surface area (Å²) in [4.78, 5) is 12.4. The minimum absolute atomic E-state index is 0.000837. The average molecular weight is 411 g/mol. The predicted octanol–water partition coefficient (Wildman–Crippen LogP) is 3.01. The lowest BCUT2D eigenvalue weighted by Gasteiger charge is -2.12. The van der Waals surface area contributed by atoms with E-state index in [-0.39, 0.29) is 21.5 Å². The Morgan fingerprint density at radius 1 is 1.15 bits per heavy atom. The fourth-order valence-electron chi connectivity index (χ4n) is 2.43. The van der Waals surface area contributed by atoms with Crippen molar-refractivity contribution in [2.45, 2.75) is 31.2 Å². The number of ether oxygens (including phenoxy) is 1. The summed E-state index contributed by atoms with van der Waals surface area (Å²) >= 11 is 6.09. The smallest absolute Gasteiger partial charge is 0.252 e. The third kappa shape index (κ3) is 5.95. The fraction of sp³-hybridized carbons (Fsp3) is 0.316. The molecule has 2 rings (SSSR count). The second-order valence-corrected chi connectivity index (χ2v) is 8.39. The summed E-state index contributed by atoms with van der Waals surface area (Å²) < 4.78 is 32.2. The van der Waals surface area contributed by atoms with Gasteiger partial charge in [-0.05, 0) is 56.2 Å². The summed E-state index contributed by atoms with van der Waals surface area (Å²) in [5, 5.41) is 2.96. The maximum atomic E-state index is 12.4. The minimum atomic E-state index is -3.70. The second-order valence-electron chi connectivity index (χ2n) is 6.27. The zero-order valence-electron chi connectivity index (χ0n) is 15.5. The summed E-state index contributed by atoms with van der Waals surface area (Å²) in [6, 6.07) is 11.4. The second kappa shape index (κ2) is 9.21. The molecule has 0 spiro atoms. The Morgan fingerprint density at radius 2 is 1.81 bits per heavy atom. The van der Waals surface area contributed by atoms with Crippen LogP contribution in [0.15, 0.2) is 47.4 Å². The lowest BCUT2D eigenvalue weighted by Crippen LogP contribution is -2.31. The third-order valence-corrected chi connectivity index (χ3v) is 5.73. The van der Waals surface area contributed by atoms with E-state index in [9.17, 15) is 13.2 Å². The van der Waals surface area contributed by atoms with E-state index in [0.717, 1.165) is 11.3 Å². The lowest BCUT2D eigenvalue weighted by atomic mass is 10.1. The largest absolute Gasteiger partial charge is 0.497 e. The molecule has 0 aromatic heterocycles. The molecule has 6 nitrogen and oxygen atoms in total. The number of sulfonamides is 1. The molecular formula is C19H23ClN2O4S. The number of nitrogens with one attached hydrogen (secondary N) is 2. The van der Waals surface area contributed by atoms with Crippen LogP contribution >= 0.6 is 11.6 Å². The Labute approximate surface area is 164 Å². The van der Waals surface area contributed by atoms with Crippen LogP contribution in [0.4, 0.5) is 0 Å². The molecule has 0 radical (unpaired) electrons. The van der Waals surface area contributed by atoms with Crippen molar-refractivity contribution in [1.29, 1.82) is 0 Å². The molecule has 1 amide bonds. The van der Waals surface area contributed by atoms with Crippen molar-refractivity contribution in [3.05, 3.63) is 58.6 Å². The van der Waals surface area contributed by atoms with E-state index in [1.165, 1.54) is 18.2 Å². The van der Waals surface area contributed by atoms with E-state index in [2.05, 4.69) is 10.0 Å². The topological polar surface area (TPSA) is 84.5 Å². The highest BCUT2D eigenvalue weighted by Gasteiger charge is 2.19. The van der Waals surface area contributed by atoms with Crippen LogP contribution in [0, 0.1) is 0 Å². The van der Waals surface area contributed by atoms with Crippen LogP contribution in [0.3, 0.4) is 0 Å². The number of carbonyl (C=O) groups excluding carboxylic acids is 1. The molecular weight excluding hydrogens is 388 g/mol. The van der Waals surface area contributed by atoms with Crippen LogP contribution in [-0.4, -0.2) is 34.0 Å². The first-order chi connectivity index (χ1) is 12.7. The van der Waals surface area contributed by atoms with Crippen LogP contribution in [0.5, 0.6) is 5.75 Å². The van der Waals surface area contributed by atoms with Gasteiger partial charge in [0.05, 0.1) is 22.6 Å². The zero-order chi connectivity index (χ0) is 20.0. The Kier molecular flexibility index (Phi) is 7.24. The molecule has 0 aliphatic carbocycles. The number of halogens is 1. The van der Waals surface area contributed by atoms with Gasteiger partial charge in [-0.15, -0.1) is 0 Å². The van der Waals surface area contributed by atoms with Gasteiger partial charge in [0, 0.05) is 12.6 Å². The fourth-order valence-corrected chi connectivity index (χ4v) is 3.91. The van der Waals surface area contributed by atoms with Gasteiger partial charge < -0.3 is 10.1 Å². The zero-order valence-corrected chi connectivity index (χ0v) is 17.0. The Morgan fingerprint density at radius 3 is 2.41 bits per heavy atom. The minimum Gasteiger partial charge on any atom is -0.497 e. The molecule has 2 aromatic carbocycles. The van der Waals surface area contributed by atoms with Crippen molar-refractivity contribution in [1.82, 2.24) is 10.0 Å². The number of benzene rings is 2. The highest BCUT2D eigenvalue weighted by Crippen LogP contribution is 2.21. The van der Waals surface area contributed by atoms with E-state index < -0.39 is 15.9 Å². The van der Waals surface area contributed by atoms with Gasteiger partial charge in [0.25, 0.3) is 5.91 Å². The number of hydrogen-bond acceptors (Lipinski definition) is 4. The quantitative estimate of drug-likeness (QED) is 0.700. The molecule has 0 saturated heterocycles. The van der Waals surface area contributed by atoms with Crippen LogP contribution in [0.2, 0.25) is 5.02 Å². The number of hydrogen-bond donors (Lipinski definition) is 2. The van der Waals surface area contributed by atoms with Gasteiger partial charge >= 0.3 is 0 Å². The van der Waals surface area contributed by atoms with E-state index in [4.69, 9.17) is 16.3 Å². The van der Waals surface area contributed by atoms with E-state index >= 15 is 0 Å². The van der Waals surface area contributed by atoms with Gasteiger partial charge in [-0.2, -0.15) is 0 Å². The van der Waals surface area contributed by atoms with Gasteiger partial charge in [0.1, 0.15) is 5.75 Å². The molecule has 146 valence electrons. The maximum absolute atomic E-state index is 12.4.